The molecule has 1 saturated heterocycles. The molecular formula is C14H14N6O3. The third-order valence-corrected chi connectivity index (χ3v) is 3.88. The van der Waals surface area contributed by atoms with E-state index in [2.05, 4.69) is 20.5 Å². The number of H-pyrrole nitrogens is 1. The van der Waals surface area contributed by atoms with Gasteiger partial charge in [-0.05, 0) is 18.6 Å². The van der Waals surface area contributed by atoms with Gasteiger partial charge in [0.2, 0.25) is 5.65 Å². The number of carbonyl (C=O) groups is 1. The topological polar surface area (TPSA) is 109 Å². The van der Waals surface area contributed by atoms with Gasteiger partial charge in [0.05, 0.1) is 6.26 Å². The van der Waals surface area contributed by atoms with E-state index in [9.17, 15) is 9.59 Å². The molecule has 23 heavy (non-hydrogen) atoms. The number of amides is 1. The minimum Gasteiger partial charge on any atom is -0.459 e. The molecule has 3 aromatic heterocycles. The van der Waals surface area contributed by atoms with Crippen LogP contribution < -0.4 is 15.9 Å². The number of rotatable bonds is 3. The average molecular weight is 314 g/mol. The van der Waals surface area contributed by atoms with Crippen molar-refractivity contribution in [2.75, 3.05) is 18.0 Å². The fourth-order valence-corrected chi connectivity index (χ4v) is 2.79. The number of fused-ring (bicyclic) bond motifs is 1. The van der Waals surface area contributed by atoms with Crippen LogP contribution in [0.3, 0.4) is 0 Å². The van der Waals surface area contributed by atoms with Crippen molar-refractivity contribution in [3.63, 3.8) is 0 Å². The van der Waals surface area contributed by atoms with Crippen LogP contribution in [-0.2, 0) is 0 Å². The number of aromatic amines is 1. The molecule has 1 aliphatic heterocycles. The van der Waals surface area contributed by atoms with Crippen LogP contribution in [0, 0.1) is 0 Å². The molecule has 3 aromatic rings. The first-order valence-electron chi connectivity index (χ1n) is 7.23. The summed E-state index contributed by atoms with van der Waals surface area (Å²) in [4.78, 5) is 30.0. The number of aromatic nitrogens is 4. The van der Waals surface area contributed by atoms with E-state index in [0.717, 1.165) is 13.0 Å². The van der Waals surface area contributed by atoms with E-state index in [1.807, 2.05) is 4.90 Å². The summed E-state index contributed by atoms with van der Waals surface area (Å²) in [6.45, 7) is 1.32. The lowest BCUT2D eigenvalue weighted by atomic mass is 10.2. The van der Waals surface area contributed by atoms with Gasteiger partial charge < -0.3 is 14.6 Å². The minimum absolute atomic E-state index is 0.0136. The van der Waals surface area contributed by atoms with Crippen molar-refractivity contribution in [3.05, 3.63) is 47.0 Å². The van der Waals surface area contributed by atoms with Crippen molar-refractivity contribution in [2.24, 2.45) is 0 Å². The fraction of sp³-hybridized carbons (Fsp3) is 0.286. The van der Waals surface area contributed by atoms with E-state index < -0.39 is 0 Å². The minimum atomic E-state index is -0.300. The van der Waals surface area contributed by atoms with Crippen LogP contribution in [0.4, 0.5) is 5.82 Å². The second-order valence-corrected chi connectivity index (χ2v) is 5.36. The van der Waals surface area contributed by atoms with Crippen LogP contribution >= 0.6 is 0 Å². The Labute approximate surface area is 129 Å². The maximum atomic E-state index is 12.0. The quantitative estimate of drug-likeness (QED) is 0.705. The van der Waals surface area contributed by atoms with E-state index in [-0.39, 0.29) is 17.6 Å². The highest BCUT2D eigenvalue weighted by molar-refractivity contribution is 5.91. The number of hydrogen-bond donors (Lipinski definition) is 2. The van der Waals surface area contributed by atoms with E-state index in [4.69, 9.17) is 4.42 Å². The number of nitrogens with zero attached hydrogens (tertiary/aromatic N) is 4. The lowest BCUT2D eigenvalue weighted by Crippen LogP contribution is -2.37. The molecule has 2 N–H and O–H groups in total. The fourth-order valence-electron chi connectivity index (χ4n) is 2.79. The van der Waals surface area contributed by atoms with Crippen molar-refractivity contribution in [1.29, 1.82) is 0 Å². The summed E-state index contributed by atoms with van der Waals surface area (Å²) in [7, 11) is 0. The molecule has 9 nitrogen and oxygen atoms in total. The zero-order valence-corrected chi connectivity index (χ0v) is 12.1. The number of hydrogen-bond acceptors (Lipinski definition) is 6. The number of carbonyl (C=O) groups excluding carboxylic acids is 1. The first kappa shape index (κ1) is 13.6. The van der Waals surface area contributed by atoms with Crippen molar-refractivity contribution in [2.45, 2.75) is 12.5 Å². The van der Waals surface area contributed by atoms with Gasteiger partial charge in [0, 0.05) is 31.5 Å². The third-order valence-electron chi connectivity index (χ3n) is 3.88. The second kappa shape index (κ2) is 5.27. The average Bonchev–Trinajstić information content (AvgIpc) is 3.28. The van der Waals surface area contributed by atoms with Gasteiger partial charge >= 0.3 is 5.69 Å². The predicted octanol–water partition coefficient (Wildman–Crippen LogP) is 0.0193. The van der Waals surface area contributed by atoms with Gasteiger partial charge in [-0.25, -0.2) is 19.3 Å². The van der Waals surface area contributed by atoms with Crippen molar-refractivity contribution in [3.8, 4) is 0 Å². The van der Waals surface area contributed by atoms with Gasteiger partial charge in [-0.3, -0.25) is 4.79 Å². The van der Waals surface area contributed by atoms with Crippen LogP contribution in [0.2, 0.25) is 0 Å². The molecule has 0 saturated carbocycles. The standard InChI is InChI=1S/C14H14N6O3/c21-13(10-2-1-7-23-10)16-9-3-5-19(8-9)11-12-17-18-14(22)20(12)6-4-15-11/h1-2,4,6-7,9H,3,5,8H2,(H,16,21)(H,18,22). The molecular weight excluding hydrogens is 300 g/mol. The lowest BCUT2D eigenvalue weighted by molar-refractivity contribution is 0.0912. The van der Waals surface area contributed by atoms with Crippen molar-refractivity contribution >= 4 is 17.4 Å². The van der Waals surface area contributed by atoms with Crippen LogP contribution in [0.15, 0.2) is 40.0 Å². The molecule has 0 radical (unpaired) electrons. The number of nitrogens with one attached hydrogen (secondary N) is 2. The largest absolute Gasteiger partial charge is 0.459 e. The summed E-state index contributed by atoms with van der Waals surface area (Å²) in [5.41, 5.74) is 0.182. The van der Waals surface area contributed by atoms with Gasteiger partial charge in [-0.15, -0.1) is 5.10 Å². The Morgan fingerprint density at radius 2 is 2.39 bits per heavy atom. The Kier molecular flexibility index (Phi) is 3.11. The molecule has 0 spiro atoms. The zero-order valence-electron chi connectivity index (χ0n) is 12.1. The summed E-state index contributed by atoms with van der Waals surface area (Å²) >= 11 is 0. The van der Waals surface area contributed by atoms with Gasteiger partial charge in [-0.2, -0.15) is 0 Å². The third kappa shape index (κ3) is 2.35. The summed E-state index contributed by atoms with van der Waals surface area (Å²) in [5, 5.41) is 9.35. The summed E-state index contributed by atoms with van der Waals surface area (Å²) < 4.78 is 6.50. The number of anilines is 1. The molecule has 1 unspecified atom stereocenters. The molecule has 0 aromatic carbocycles. The molecule has 1 aliphatic rings. The van der Waals surface area contributed by atoms with Crippen LogP contribution in [-0.4, -0.2) is 44.6 Å². The van der Waals surface area contributed by atoms with Crippen LogP contribution in [0.25, 0.3) is 5.65 Å². The van der Waals surface area contributed by atoms with Crippen LogP contribution in [0.5, 0.6) is 0 Å². The molecule has 4 heterocycles. The zero-order chi connectivity index (χ0) is 15.8. The number of furan rings is 1. The highest BCUT2D eigenvalue weighted by Gasteiger charge is 2.27. The Hall–Kier alpha value is -3.10. The van der Waals surface area contributed by atoms with Crippen molar-refractivity contribution in [1.82, 2.24) is 24.9 Å². The van der Waals surface area contributed by atoms with Crippen LogP contribution in [0.1, 0.15) is 17.0 Å². The first-order valence-corrected chi connectivity index (χ1v) is 7.23. The Balaban J connectivity index is 1.51. The smallest absolute Gasteiger partial charge is 0.347 e. The summed E-state index contributed by atoms with van der Waals surface area (Å²) in [6.07, 6.45) is 5.38. The molecule has 4 rings (SSSR count). The van der Waals surface area contributed by atoms with E-state index in [1.54, 1.807) is 24.5 Å². The first-order chi connectivity index (χ1) is 11.2. The maximum absolute atomic E-state index is 12.0. The van der Waals surface area contributed by atoms with Gasteiger partial charge in [0.25, 0.3) is 5.91 Å². The Bertz CT molecular complexity index is 897. The van der Waals surface area contributed by atoms with E-state index in [1.165, 1.54) is 10.7 Å². The molecule has 1 amide bonds. The molecule has 9 heteroatoms. The predicted molar refractivity (Wildman–Crippen MR) is 80.4 cm³/mol. The second-order valence-electron chi connectivity index (χ2n) is 5.36. The lowest BCUT2D eigenvalue weighted by Gasteiger charge is -2.17. The maximum Gasteiger partial charge on any atom is 0.347 e. The summed E-state index contributed by atoms with van der Waals surface area (Å²) in [6, 6.07) is 3.29. The Morgan fingerprint density at radius 3 is 3.22 bits per heavy atom. The highest BCUT2D eigenvalue weighted by Crippen LogP contribution is 2.21. The molecule has 1 fully saturated rings. The van der Waals surface area contributed by atoms with Gasteiger partial charge in [0.15, 0.2) is 11.6 Å². The molecule has 1 atom stereocenters. The highest BCUT2D eigenvalue weighted by atomic mass is 16.3. The summed E-state index contributed by atoms with van der Waals surface area (Å²) in [5.74, 6) is 0.687. The Morgan fingerprint density at radius 1 is 1.48 bits per heavy atom. The van der Waals surface area contributed by atoms with E-state index >= 15 is 0 Å². The normalized spacial score (nSPS) is 17.7. The molecule has 0 aliphatic carbocycles. The monoisotopic (exact) mass is 314 g/mol. The SMILES string of the molecule is O=C(NC1CCN(c2nccn3c(=O)[nH]nc23)C1)c1ccco1. The van der Waals surface area contributed by atoms with Crippen molar-refractivity contribution < 1.29 is 9.21 Å². The molecule has 118 valence electrons. The van der Waals surface area contributed by atoms with Gasteiger partial charge in [0.1, 0.15) is 0 Å². The van der Waals surface area contributed by atoms with E-state index in [0.29, 0.717) is 23.8 Å². The van der Waals surface area contributed by atoms with Gasteiger partial charge in [-0.1, -0.05) is 0 Å². The molecule has 0 bridgehead atoms.